The van der Waals surface area contributed by atoms with E-state index in [1.165, 1.54) is 10.9 Å². The van der Waals surface area contributed by atoms with Crippen LogP contribution in [-0.4, -0.2) is 32.8 Å². The highest BCUT2D eigenvalue weighted by atomic mass is 16.5. The fourth-order valence-corrected chi connectivity index (χ4v) is 2.63. The number of furan rings is 1. The molecule has 2 heterocycles. The maximum absolute atomic E-state index is 5.91. The summed E-state index contributed by atoms with van der Waals surface area (Å²) in [7, 11) is 1.78. The zero-order chi connectivity index (χ0) is 15.6. The number of nitrogens with zero attached hydrogens (tertiary/aromatic N) is 1. The minimum absolute atomic E-state index is 0.215. The van der Waals surface area contributed by atoms with Crippen LogP contribution in [-0.2, 0) is 11.3 Å². The summed E-state index contributed by atoms with van der Waals surface area (Å²) in [5.41, 5.74) is 2.32. The Hall–Kier alpha value is -2.01. The Kier molecular flexibility index (Phi) is 4.07. The van der Waals surface area contributed by atoms with Crippen molar-refractivity contribution in [3.05, 3.63) is 35.6 Å². The van der Waals surface area contributed by atoms with Crippen molar-refractivity contribution in [3.63, 3.8) is 0 Å². The zero-order valence-electron chi connectivity index (χ0n) is 13.4. The van der Waals surface area contributed by atoms with E-state index in [9.17, 15) is 0 Å². The molecule has 5 heteroatoms. The standard InChI is InChI=1S/C17H23N3O2/c1-12-13-6-4-5-7-14(13)22-15(12)8-19-16(18-3)20-9-17(2)10-21-11-17/h4-7H,8-11H2,1-3H3,(H2,18,19,20). The topological polar surface area (TPSA) is 58.8 Å². The average Bonchev–Trinajstić information content (AvgIpc) is 2.82. The van der Waals surface area contributed by atoms with Gasteiger partial charge in [-0.05, 0) is 13.0 Å². The Morgan fingerprint density at radius 1 is 1.27 bits per heavy atom. The third-order valence-corrected chi connectivity index (χ3v) is 4.17. The number of aryl methyl sites for hydroxylation is 1. The first-order valence-corrected chi connectivity index (χ1v) is 7.61. The Morgan fingerprint density at radius 3 is 2.68 bits per heavy atom. The molecule has 1 aliphatic rings. The molecule has 2 aromatic rings. The van der Waals surface area contributed by atoms with Crippen LogP contribution < -0.4 is 10.6 Å². The highest BCUT2D eigenvalue weighted by Crippen LogP contribution is 2.25. The van der Waals surface area contributed by atoms with Crippen LogP contribution in [0.25, 0.3) is 11.0 Å². The Morgan fingerprint density at radius 2 is 2.05 bits per heavy atom. The molecule has 5 nitrogen and oxygen atoms in total. The van der Waals surface area contributed by atoms with E-state index in [1.807, 2.05) is 18.2 Å². The monoisotopic (exact) mass is 301 g/mol. The minimum Gasteiger partial charge on any atom is -0.459 e. The van der Waals surface area contributed by atoms with Gasteiger partial charge in [0.2, 0.25) is 0 Å². The number of fused-ring (bicyclic) bond motifs is 1. The second-order valence-electron chi connectivity index (χ2n) is 6.23. The first-order valence-electron chi connectivity index (χ1n) is 7.61. The third kappa shape index (κ3) is 2.95. The fourth-order valence-electron chi connectivity index (χ4n) is 2.63. The van der Waals surface area contributed by atoms with Gasteiger partial charge < -0.3 is 19.8 Å². The van der Waals surface area contributed by atoms with E-state index in [2.05, 4.69) is 35.5 Å². The van der Waals surface area contributed by atoms with Crippen molar-refractivity contribution >= 4 is 16.9 Å². The summed E-state index contributed by atoms with van der Waals surface area (Å²) in [5.74, 6) is 1.73. The summed E-state index contributed by atoms with van der Waals surface area (Å²) in [5, 5.41) is 7.83. The van der Waals surface area contributed by atoms with Gasteiger partial charge in [0.05, 0.1) is 19.8 Å². The van der Waals surface area contributed by atoms with Gasteiger partial charge in [0.1, 0.15) is 11.3 Å². The Labute approximate surface area is 130 Å². The van der Waals surface area contributed by atoms with Crippen LogP contribution in [0.1, 0.15) is 18.2 Å². The molecule has 0 spiro atoms. The van der Waals surface area contributed by atoms with E-state index < -0.39 is 0 Å². The molecule has 1 fully saturated rings. The molecular formula is C17H23N3O2. The maximum atomic E-state index is 5.91. The predicted octanol–water partition coefficient (Wildman–Crippen LogP) is 2.44. The molecule has 22 heavy (non-hydrogen) atoms. The van der Waals surface area contributed by atoms with Crippen molar-refractivity contribution in [1.29, 1.82) is 0 Å². The molecule has 0 amide bonds. The largest absolute Gasteiger partial charge is 0.459 e. The van der Waals surface area contributed by atoms with E-state index in [0.29, 0.717) is 6.54 Å². The number of nitrogens with one attached hydrogen (secondary N) is 2. The zero-order valence-corrected chi connectivity index (χ0v) is 13.4. The molecule has 0 atom stereocenters. The Balaban J connectivity index is 1.61. The highest BCUT2D eigenvalue weighted by molar-refractivity contribution is 5.82. The highest BCUT2D eigenvalue weighted by Gasteiger charge is 2.33. The van der Waals surface area contributed by atoms with Gasteiger partial charge in [-0.15, -0.1) is 0 Å². The van der Waals surface area contributed by atoms with Crippen LogP contribution in [0.4, 0.5) is 0 Å². The van der Waals surface area contributed by atoms with Crippen molar-refractivity contribution < 1.29 is 9.15 Å². The summed E-state index contributed by atoms with van der Waals surface area (Å²) >= 11 is 0. The summed E-state index contributed by atoms with van der Waals surface area (Å²) in [6.07, 6.45) is 0. The molecule has 0 saturated carbocycles. The van der Waals surface area contributed by atoms with Crippen LogP contribution >= 0.6 is 0 Å². The lowest BCUT2D eigenvalue weighted by Crippen LogP contribution is -2.50. The Bertz CT molecular complexity index is 686. The second-order valence-corrected chi connectivity index (χ2v) is 6.23. The van der Waals surface area contributed by atoms with Gasteiger partial charge in [0, 0.05) is 30.0 Å². The molecule has 2 N–H and O–H groups in total. The van der Waals surface area contributed by atoms with Crippen LogP contribution in [0.2, 0.25) is 0 Å². The van der Waals surface area contributed by atoms with Gasteiger partial charge in [-0.3, -0.25) is 4.99 Å². The number of para-hydroxylation sites is 1. The van der Waals surface area contributed by atoms with Gasteiger partial charge in [0.25, 0.3) is 0 Å². The molecule has 118 valence electrons. The number of benzene rings is 1. The van der Waals surface area contributed by atoms with Gasteiger partial charge in [0.15, 0.2) is 5.96 Å². The van der Waals surface area contributed by atoms with Gasteiger partial charge in [-0.2, -0.15) is 0 Å². The van der Waals surface area contributed by atoms with Crippen LogP contribution in [0.5, 0.6) is 0 Å². The first kappa shape index (κ1) is 14.9. The maximum Gasteiger partial charge on any atom is 0.191 e. The van der Waals surface area contributed by atoms with Gasteiger partial charge >= 0.3 is 0 Å². The fraction of sp³-hybridized carbons (Fsp3) is 0.471. The number of hydrogen-bond acceptors (Lipinski definition) is 3. The second kappa shape index (κ2) is 6.01. The predicted molar refractivity (Wildman–Crippen MR) is 88.1 cm³/mol. The van der Waals surface area contributed by atoms with E-state index >= 15 is 0 Å². The molecule has 0 bridgehead atoms. The van der Waals surface area contributed by atoms with Crippen LogP contribution in [0.3, 0.4) is 0 Å². The molecule has 1 aromatic carbocycles. The lowest BCUT2D eigenvalue weighted by Gasteiger charge is -2.38. The van der Waals surface area contributed by atoms with E-state index in [1.54, 1.807) is 7.05 Å². The lowest BCUT2D eigenvalue weighted by molar-refractivity contribution is -0.0971. The van der Waals surface area contributed by atoms with Crippen molar-refractivity contribution in [2.24, 2.45) is 10.4 Å². The number of ether oxygens (including phenoxy) is 1. The molecule has 1 aliphatic heterocycles. The van der Waals surface area contributed by atoms with Crippen molar-refractivity contribution in [2.45, 2.75) is 20.4 Å². The normalized spacial score (nSPS) is 17.3. The number of guanidine groups is 1. The van der Waals surface area contributed by atoms with Crippen molar-refractivity contribution in [2.75, 3.05) is 26.8 Å². The summed E-state index contributed by atoms with van der Waals surface area (Å²) in [6.45, 7) is 7.38. The molecular weight excluding hydrogens is 278 g/mol. The number of hydrogen-bond donors (Lipinski definition) is 2. The van der Waals surface area contributed by atoms with Gasteiger partial charge in [-0.25, -0.2) is 0 Å². The first-order chi connectivity index (χ1) is 10.6. The smallest absolute Gasteiger partial charge is 0.191 e. The lowest BCUT2D eigenvalue weighted by atomic mass is 9.89. The quantitative estimate of drug-likeness (QED) is 0.673. The van der Waals surface area contributed by atoms with E-state index in [-0.39, 0.29) is 5.41 Å². The molecule has 0 unspecified atom stereocenters. The summed E-state index contributed by atoms with van der Waals surface area (Å²) in [4.78, 5) is 4.26. The number of aliphatic imine (C=N–C) groups is 1. The third-order valence-electron chi connectivity index (χ3n) is 4.17. The summed E-state index contributed by atoms with van der Waals surface area (Å²) in [6, 6.07) is 8.10. The molecule has 1 aromatic heterocycles. The SMILES string of the molecule is CN=C(NCc1oc2ccccc2c1C)NCC1(C)COC1. The summed E-state index contributed by atoms with van der Waals surface area (Å²) < 4.78 is 11.2. The van der Waals surface area contributed by atoms with Crippen LogP contribution in [0.15, 0.2) is 33.7 Å². The van der Waals surface area contributed by atoms with Gasteiger partial charge in [-0.1, -0.05) is 25.1 Å². The number of rotatable bonds is 4. The van der Waals surface area contributed by atoms with Crippen molar-refractivity contribution in [1.82, 2.24) is 10.6 Å². The minimum atomic E-state index is 0.215. The van der Waals surface area contributed by atoms with Crippen molar-refractivity contribution in [3.8, 4) is 0 Å². The molecule has 3 rings (SSSR count). The molecule has 0 aliphatic carbocycles. The average molecular weight is 301 g/mol. The van der Waals surface area contributed by atoms with E-state index in [4.69, 9.17) is 9.15 Å². The van der Waals surface area contributed by atoms with Crippen LogP contribution in [0, 0.1) is 12.3 Å². The molecule has 1 saturated heterocycles. The molecule has 0 radical (unpaired) electrons. The van der Waals surface area contributed by atoms with E-state index in [0.717, 1.165) is 37.1 Å².